The molecule has 0 aliphatic heterocycles. The normalized spacial score (nSPS) is 17.3. The number of rotatable bonds is 3. The van der Waals surface area contributed by atoms with E-state index in [1.807, 2.05) is 6.92 Å². The number of allylic oxidation sites excluding steroid dienone is 1. The molecule has 0 saturated heterocycles. The minimum Gasteiger partial charge on any atom is -0.516 e. The monoisotopic (exact) mass is 102 g/mol. The fourth-order valence-corrected chi connectivity index (χ4v) is 0.321. The molecule has 0 aromatic heterocycles. The van der Waals surface area contributed by atoms with Crippen LogP contribution in [0.15, 0.2) is 12.3 Å². The number of aliphatic hydroxyl groups is 1. The first-order chi connectivity index (χ1) is 4.18. The summed E-state index contributed by atoms with van der Waals surface area (Å²) in [6.07, 6.45) is 1.80. The molecule has 0 saturated carbocycles. The van der Waals surface area contributed by atoms with Gasteiger partial charge in [-0.3, -0.25) is 0 Å². The van der Waals surface area contributed by atoms with Crippen LogP contribution in [0.2, 0.25) is 0 Å². The Morgan fingerprint density at radius 2 is 2.57 bits per heavy atom. The Balaban J connectivity index is 3.50. The second-order valence-electron chi connectivity index (χ2n) is 1.39. The highest BCUT2D eigenvalue weighted by Gasteiger charge is 1.73. The molecular formula is C6H12O. The molecule has 0 radical (unpaired) electrons. The molecule has 0 spiro atoms. The second-order valence-corrected chi connectivity index (χ2v) is 1.39. The minimum absolute atomic E-state index is 0.0388. The van der Waals surface area contributed by atoms with Gasteiger partial charge < -0.3 is 5.11 Å². The molecule has 0 aromatic carbocycles. The Labute approximate surface area is 47.5 Å². The minimum atomic E-state index is -0.594. The summed E-state index contributed by atoms with van der Waals surface area (Å²) in [5, 5.41) is 8.41. The quantitative estimate of drug-likeness (QED) is 0.542. The number of hydrogen-bond donors (Lipinski definition) is 1. The van der Waals surface area contributed by atoms with E-state index in [9.17, 15) is 0 Å². The van der Waals surface area contributed by atoms with E-state index in [2.05, 4.69) is 0 Å². The van der Waals surface area contributed by atoms with Crippen LogP contribution in [0.1, 0.15) is 28.9 Å². The summed E-state index contributed by atoms with van der Waals surface area (Å²) in [5.41, 5.74) is 0. The molecule has 1 nitrogen and oxygen atoms in total. The lowest BCUT2D eigenvalue weighted by Gasteiger charge is -1.83. The van der Waals surface area contributed by atoms with Crippen LogP contribution in [0, 0.1) is 0 Å². The molecule has 0 amide bonds. The molecule has 42 valence electrons. The van der Waals surface area contributed by atoms with Crippen LogP contribution >= 0.6 is 0 Å². The second kappa shape index (κ2) is 5.54. The maximum absolute atomic E-state index is 8.41. The van der Waals surface area contributed by atoms with Crippen LogP contribution in [0.4, 0.5) is 0 Å². The van der Waals surface area contributed by atoms with Crippen molar-refractivity contribution in [1.29, 1.82) is 0 Å². The van der Waals surface area contributed by atoms with Gasteiger partial charge in [-0.2, -0.15) is 0 Å². The van der Waals surface area contributed by atoms with E-state index in [0.29, 0.717) is 6.42 Å². The zero-order valence-electron chi connectivity index (χ0n) is 6.57. The van der Waals surface area contributed by atoms with Crippen molar-refractivity contribution < 1.29 is 7.85 Å². The smallest absolute Gasteiger partial charge is 0.103 e. The van der Waals surface area contributed by atoms with Gasteiger partial charge in [0.15, 0.2) is 0 Å². The van der Waals surface area contributed by atoms with E-state index >= 15 is 0 Å². The third-order valence-electron chi connectivity index (χ3n) is 0.734. The highest BCUT2D eigenvalue weighted by atomic mass is 16.2. The first-order valence-electron chi connectivity index (χ1n) is 3.53. The van der Waals surface area contributed by atoms with Crippen LogP contribution in [-0.2, 0) is 0 Å². The Morgan fingerprint density at radius 3 is 3.00 bits per heavy atom. The molecule has 0 bridgehead atoms. The molecule has 0 rings (SSSR count). The standard InChI is InChI=1S/C6H12O/c1-2-3-4-5-6-7/h5-7H,2-4H2,1H3/i5D,6D. The maximum Gasteiger partial charge on any atom is 0.103 e. The molecular weight excluding hydrogens is 88.1 g/mol. The molecule has 1 N–H and O–H groups in total. The van der Waals surface area contributed by atoms with Gasteiger partial charge in [0.05, 0.1) is 7.61 Å². The zero-order valence-corrected chi connectivity index (χ0v) is 4.57. The zero-order chi connectivity index (χ0) is 7.28. The van der Waals surface area contributed by atoms with Crippen molar-refractivity contribution in [3.05, 3.63) is 12.3 Å². The van der Waals surface area contributed by atoms with Gasteiger partial charge >= 0.3 is 0 Å². The van der Waals surface area contributed by atoms with Crippen molar-refractivity contribution >= 4 is 0 Å². The summed E-state index contributed by atoms with van der Waals surface area (Å²) in [6, 6.07) is 0.0388. The van der Waals surface area contributed by atoms with Crippen molar-refractivity contribution in [2.24, 2.45) is 0 Å². The predicted molar refractivity (Wildman–Crippen MR) is 31.3 cm³/mol. The van der Waals surface area contributed by atoms with Crippen molar-refractivity contribution in [1.82, 2.24) is 0 Å². The van der Waals surface area contributed by atoms with Crippen molar-refractivity contribution in [2.75, 3.05) is 0 Å². The lowest BCUT2D eigenvalue weighted by molar-refractivity contribution is 0.470. The molecule has 0 heterocycles. The lowest BCUT2D eigenvalue weighted by atomic mass is 10.2. The number of unbranched alkanes of at least 4 members (excludes halogenated alkanes) is 1. The fourth-order valence-electron chi connectivity index (χ4n) is 0.321. The Kier molecular flexibility index (Phi) is 2.79. The topological polar surface area (TPSA) is 20.2 Å². The summed E-state index contributed by atoms with van der Waals surface area (Å²) < 4.78 is 13.6. The third-order valence-corrected chi connectivity index (χ3v) is 0.734. The van der Waals surface area contributed by atoms with Crippen molar-refractivity contribution in [3.63, 3.8) is 0 Å². The highest BCUT2D eigenvalue weighted by molar-refractivity contribution is 4.69. The molecule has 1 heteroatoms. The van der Waals surface area contributed by atoms with Gasteiger partial charge in [0.25, 0.3) is 0 Å². The van der Waals surface area contributed by atoms with Crippen LogP contribution < -0.4 is 0 Å². The molecule has 7 heavy (non-hydrogen) atoms. The maximum atomic E-state index is 8.41. The average Bonchev–Trinajstić information content (AvgIpc) is 1.82. The van der Waals surface area contributed by atoms with E-state index in [4.69, 9.17) is 7.85 Å². The molecule has 0 aromatic rings. The summed E-state index contributed by atoms with van der Waals surface area (Å²) in [6.45, 7) is 2.01. The van der Waals surface area contributed by atoms with Gasteiger partial charge in [-0.1, -0.05) is 19.4 Å². The SMILES string of the molecule is [2H]C(O)=C([2H])CCCC. The fraction of sp³-hybridized carbons (Fsp3) is 0.667. The van der Waals surface area contributed by atoms with Crippen molar-refractivity contribution in [2.45, 2.75) is 26.2 Å². The largest absolute Gasteiger partial charge is 0.516 e. The van der Waals surface area contributed by atoms with Gasteiger partial charge in [0.1, 0.15) is 1.37 Å². The molecule has 0 aliphatic rings. The van der Waals surface area contributed by atoms with E-state index in [1.165, 1.54) is 0 Å². The predicted octanol–water partition coefficient (Wildman–Crippen LogP) is 2.25. The Bertz CT molecular complexity index is 106. The van der Waals surface area contributed by atoms with Gasteiger partial charge in [0.2, 0.25) is 0 Å². The first kappa shape index (κ1) is 3.53. The van der Waals surface area contributed by atoms with Gasteiger partial charge in [0, 0.05) is 0 Å². The third kappa shape index (κ3) is 5.54. The van der Waals surface area contributed by atoms with E-state index < -0.39 is 6.24 Å². The lowest BCUT2D eigenvalue weighted by Crippen LogP contribution is -1.64. The number of aliphatic hydroxyl groups excluding tert-OH is 1. The Morgan fingerprint density at radius 1 is 1.86 bits per heavy atom. The van der Waals surface area contributed by atoms with Crippen LogP contribution in [0.25, 0.3) is 0 Å². The van der Waals surface area contributed by atoms with Crippen LogP contribution in [0.3, 0.4) is 0 Å². The van der Waals surface area contributed by atoms with E-state index in [0.717, 1.165) is 12.8 Å². The van der Waals surface area contributed by atoms with E-state index in [1.54, 1.807) is 0 Å². The molecule has 0 aliphatic carbocycles. The van der Waals surface area contributed by atoms with Gasteiger partial charge in [-0.25, -0.2) is 0 Å². The summed E-state index contributed by atoms with van der Waals surface area (Å²) in [5.74, 6) is 0. The average molecular weight is 102 g/mol. The van der Waals surface area contributed by atoms with Crippen molar-refractivity contribution in [3.8, 4) is 0 Å². The first-order valence-corrected chi connectivity index (χ1v) is 2.53. The van der Waals surface area contributed by atoms with Crippen LogP contribution in [-0.4, -0.2) is 5.11 Å². The summed E-state index contributed by atoms with van der Waals surface area (Å²) >= 11 is 0. The molecule has 0 fully saturated rings. The van der Waals surface area contributed by atoms with E-state index in [-0.39, 0.29) is 6.05 Å². The van der Waals surface area contributed by atoms with Gasteiger partial charge in [-0.05, 0) is 12.8 Å². The molecule has 0 atom stereocenters. The summed E-state index contributed by atoms with van der Waals surface area (Å²) in [4.78, 5) is 0. The summed E-state index contributed by atoms with van der Waals surface area (Å²) in [7, 11) is 0. The number of hydrogen-bond acceptors (Lipinski definition) is 1. The van der Waals surface area contributed by atoms with Crippen LogP contribution in [0.5, 0.6) is 0 Å². The highest BCUT2D eigenvalue weighted by Crippen LogP contribution is 1.92. The molecule has 0 unspecified atom stereocenters. The van der Waals surface area contributed by atoms with Gasteiger partial charge in [-0.15, -0.1) is 0 Å². The Hall–Kier alpha value is -0.460.